The standard InChI is InChI=1S/C21H26F2N2O4/c1-13-18(21(2,3)27)24-17(28-13)12-14-8-6-7-11-25(14)19(26)15-9-4-5-10-16(15)29-20(22)23/h4-5,9-10,14,20,27H,6-8,11-12H2,1-3H3. The summed E-state index contributed by atoms with van der Waals surface area (Å²) in [5.74, 6) is 0.503. The first-order chi connectivity index (χ1) is 13.7. The first-order valence-electron chi connectivity index (χ1n) is 9.70. The van der Waals surface area contributed by atoms with E-state index in [1.807, 2.05) is 0 Å². The van der Waals surface area contributed by atoms with Gasteiger partial charge < -0.3 is 19.2 Å². The average molecular weight is 408 g/mol. The quantitative estimate of drug-likeness (QED) is 0.781. The lowest BCUT2D eigenvalue weighted by molar-refractivity contribution is -0.0503. The second kappa shape index (κ2) is 8.49. The van der Waals surface area contributed by atoms with E-state index in [9.17, 15) is 18.7 Å². The van der Waals surface area contributed by atoms with Gasteiger partial charge in [0.05, 0.1) is 5.56 Å². The summed E-state index contributed by atoms with van der Waals surface area (Å²) in [7, 11) is 0. The number of amides is 1. The number of aromatic nitrogens is 1. The normalized spacial score (nSPS) is 17.6. The molecule has 3 rings (SSSR count). The molecular weight excluding hydrogens is 382 g/mol. The molecule has 0 bridgehead atoms. The number of carbonyl (C=O) groups excluding carboxylic acids is 1. The molecule has 1 unspecified atom stereocenters. The molecule has 1 amide bonds. The van der Waals surface area contributed by atoms with Crippen LogP contribution >= 0.6 is 0 Å². The second-order valence-electron chi connectivity index (χ2n) is 7.80. The Morgan fingerprint density at radius 3 is 2.76 bits per heavy atom. The van der Waals surface area contributed by atoms with E-state index < -0.39 is 12.2 Å². The number of carbonyl (C=O) groups is 1. The molecule has 1 aliphatic heterocycles. The van der Waals surface area contributed by atoms with Crippen LogP contribution < -0.4 is 4.74 Å². The number of aryl methyl sites for hydroxylation is 1. The number of aliphatic hydroxyl groups is 1. The monoisotopic (exact) mass is 408 g/mol. The first-order valence-corrected chi connectivity index (χ1v) is 9.70. The van der Waals surface area contributed by atoms with Crippen LogP contribution in [0, 0.1) is 6.92 Å². The van der Waals surface area contributed by atoms with Gasteiger partial charge in [0.1, 0.15) is 22.8 Å². The maximum absolute atomic E-state index is 13.1. The minimum absolute atomic E-state index is 0.112. The van der Waals surface area contributed by atoms with Crippen molar-refractivity contribution in [1.29, 1.82) is 0 Å². The molecule has 29 heavy (non-hydrogen) atoms. The molecule has 0 spiro atoms. The van der Waals surface area contributed by atoms with Crippen molar-refractivity contribution in [2.45, 2.75) is 64.7 Å². The van der Waals surface area contributed by atoms with Gasteiger partial charge in [-0.05, 0) is 52.2 Å². The zero-order valence-corrected chi connectivity index (χ0v) is 16.8. The predicted molar refractivity (Wildman–Crippen MR) is 102 cm³/mol. The number of para-hydroxylation sites is 1. The largest absolute Gasteiger partial charge is 0.446 e. The van der Waals surface area contributed by atoms with Gasteiger partial charge in [-0.15, -0.1) is 0 Å². The van der Waals surface area contributed by atoms with Gasteiger partial charge in [0.15, 0.2) is 5.89 Å². The molecule has 1 aromatic heterocycles. The topological polar surface area (TPSA) is 75.8 Å². The number of hydrogen-bond acceptors (Lipinski definition) is 5. The minimum atomic E-state index is -3.00. The van der Waals surface area contributed by atoms with Gasteiger partial charge in [-0.2, -0.15) is 8.78 Å². The van der Waals surface area contributed by atoms with E-state index in [1.165, 1.54) is 12.1 Å². The van der Waals surface area contributed by atoms with Gasteiger partial charge in [0, 0.05) is 19.0 Å². The van der Waals surface area contributed by atoms with Crippen molar-refractivity contribution >= 4 is 5.91 Å². The van der Waals surface area contributed by atoms with Gasteiger partial charge in [-0.1, -0.05) is 12.1 Å². The van der Waals surface area contributed by atoms with E-state index in [-0.39, 0.29) is 23.3 Å². The molecule has 8 heteroatoms. The predicted octanol–water partition coefficient (Wildman–Crippen LogP) is 4.05. The van der Waals surface area contributed by atoms with E-state index in [4.69, 9.17) is 4.42 Å². The van der Waals surface area contributed by atoms with E-state index in [0.29, 0.717) is 30.3 Å². The molecule has 0 saturated carbocycles. The highest BCUT2D eigenvalue weighted by Gasteiger charge is 2.32. The van der Waals surface area contributed by atoms with Crippen LogP contribution in [0.1, 0.15) is 60.8 Å². The van der Waals surface area contributed by atoms with Crippen molar-refractivity contribution in [3.8, 4) is 5.75 Å². The third-order valence-corrected chi connectivity index (χ3v) is 5.05. The lowest BCUT2D eigenvalue weighted by Crippen LogP contribution is -2.45. The summed E-state index contributed by atoms with van der Waals surface area (Å²) in [5, 5.41) is 10.2. The summed E-state index contributed by atoms with van der Waals surface area (Å²) in [6.07, 6.45) is 2.92. The molecule has 1 aromatic carbocycles. The summed E-state index contributed by atoms with van der Waals surface area (Å²) in [6, 6.07) is 5.86. The van der Waals surface area contributed by atoms with Crippen molar-refractivity contribution in [2.24, 2.45) is 0 Å². The van der Waals surface area contributed by atoms with Crippen molar-refractivity contribution in [1.82, 2.24) is 9.88 Å². The van der Waals surface area contributed by atoms with E-state index in [0.717, 1.165) is 19.3 Å². The molecule has 2 heterocycles. The van der Waals surface area contributed by atoms with E-state index in [1.54, 1.807) is 37.8 Å². The number of rotatable bonds is 6. The number of ether oxygens (including phenoxy) is 1. The summed E-state index contributed by atoms with van der Waals surface area (Å²) < 4.78 is 35.7. The van der Waals surface area contributed by atoms with Crippen LogP contribution in [-0.2, 0) is 12.0 Å². The Balaban J connectivity index is 1.83. The molecule has 1 saturated heterocycles. The highest BCUT2D eigenvalue weighted by atomic mass is 19.3. The summed E-state index contributed by atoms with van der Waals surface area (Å²) in [5.41, 5.74) is -0.545. The third-order valence-electron chi connectivity index (χ3n) is 5.05. The summed E-state index contributed by atoms with van der Waals surface area (Å²) in [6.45, 7) is 2.53. The van der Waals surface area contributed by atoms with Crippen LogP contribution in [0.5, 0.6) is 5.75 Å². The van der Waals surface area contributed by atoms with Crippen LogP contribution in [0.25, 0.3) is 0 Å². The van der Waals surface area contributed by atoms with Gasteiger partial charge in [-0.3, -0.25) is 4.79 Å². The fourth-order valence-electron chi connectivity index (χ4n) is 3.78. The highest BCUT2D eigenvalue weighted by Crippen LogP contribution is 2.29. The number of hydrogen-bond donors (Lipinski definition) is 1. The number of likely N-dealkylation sites (tertiary alicyclic amines) is 1. The van der Waals surface area contributed by atoms with Crippen molar-refractivity contribution < 1.29 is 27.8 Å². The molecule has 1 fully saturated rings. The van der Waals surface area contributed by atoms with Crippen LogP contribution in [0.15, 0.2) is 28.7 Å². The van der Waals surface area contributed by atoms with Crippen LogP contribution in [0.4, 0.5) is 8.78 Å². The van der Waals surface area contributed by atoms with Gasteiger partial charge >= 0.3 is 6.61 Å². The Labute approximate surface area is 168 Å². The Morgan fingerprint density at radius 1 is 1.38 bits per heavy atom. The number of oxazole rings is 1. The average Bonchev–Trinajstić information content (AvgIpc) is 3.02. The maximum Gasteiger partial charge on any atom is 0.387 e. The minimum Gasteiger partial charge on any atom is -0.446 e. The highest BCUT2D eigenvalue weighted by molar-refractivity contribution is 5.97. The number of piperidine rings is 1. The second-order valence-corrected chi connectivity index (χ2v) is 7.80. The molecule has 1 N–H and O–H groups in total. The summed E-state index contributed by atoms with van der Waals surface area (Å²) >= 11 is 0. The molecule has 2 aromatic rings. The number of alkyl halides is 2. The zero-order chi connectivity index (χ0) is 21.2. The van der Waals surface area contributed by atoms with Crippen molar-refractivity contribution in [2.75, 3.05) is 6.54 Å². The Bertz CT molecular complexity index is 861. The van der Waals surface area contributed by atoms with Gasteiger partial charge in [0.25, 0.3) is 5.91 Å². The SMILES string of the molecule is Cc1oc(CC2CCCCN2C(=O)c2ccccc2OC(F)F)nc1C(C)(C)O. The maximum atomic E-state index is 13.1. The van der Waals surface area contributed by atoms with Gasteiger partial charge in [0.2, 0.25) is 0 Å². The molecule has 0 aliphatic carbocycles. The summed E-state index contributed by atoms with van der Waals surface area (Å²) in [4.78, 5) is 19.2. The fourth-order valence-corrected chi connectivity index (χ4v) is 3.78. The number of halogens is 2. The number of benzene rings is 1. The van der Waals surface area contributed by atoms with Crippen molar-refractivity contribution in [3.05, 3.63) is 47.2 Å². The molecule has 1 aliphatic rings. The third kappa shape index (κ3) is 4.93. The van der Waals surface area contributed by atoms with Gasteiger partial charge in [-0.25, -0.2) is 4.98 Å². The van der Waals surface area contributed by atoms with Crippen LogP contribution in [-0.4, -0.2) is 40.1 Å². The Kier molecular flexibility index (Phi) is 6.21. The fraction of sp³-hybridized carbons (Fsp3) is 0.524. The zero-order valence-electron chi connectivity index (χ0n) is 16.8. The molecule has 6 nitrogen and oxygen atoms in total. The van der Waals surface area contributed by atoms with Crippen molar-refractivity contribution in [3.63, 3.8) is 0 Å². The Morgan fingerprint density at radius 2 is 2.10 bits per heavy atom. The van der Waals surface area contributed by atoms with E-state index in [2.05, 4.69) is 9.72 Å². The van der Waals surface area contributed by atoms with Crippen LogP contribution in [0.2, 0.25) is 0 Å². The number of nitrogens with zero attached hydrogens (tertiary/aromatic N) is 2. The van der Waals surface area contributed by atoms with E-state index >= 15 is 0 Å². The smallest absolute Gasteiger partial charge is 0.387 e. The molecule has 1 atom stereocenters. The molecule has 158 valence electrons. The first kappa shape index (κ1) is 21.2. The Hall–Kier alpha value is -2.48. The lowest BCUT2D eigenvalue weighted by Gasteiger charge is -2.35. The molecular formula is C21H26F2N2O4. The lowest BCUT2D eigenvalue weighted by atomic mass is 9.98. The van der Waals surface area contributed by atoms with Crippen LogP contribution in [0.3, 0.4) is 0 Å². The molecule has 0 radical (unpaired) electrons.